The highest BCUT2D eigenvalue weighted by Gasteiger charge is 2.27. The van der Waals surface area contributed by atoms with Crippen LogP contribution in [0.5, 0.6) is 0 Å². The number of hydrogen-bond donors (Lipinski definition) is 1. The van der Waals surface area contributed by atoms with Gasteiger partial charge in [0.2, 0.25) is 0 Å². The topological polar surface area (TPSA) is 55.6 Å². The zero-order valence-corrected chi connectivity index (χ0v) is 10.2. The number of hydrogen-bond acceptors (Lipinski definition) is 3. The number of benzene rings is 1. The maximum absolute atomic E-state index is 11.7. The first-order valence-corrected chi connectivity index (χ1v) is 5.98. The molecule has 1 aromatic rings. The van der Waals surface area contributed by atoms with Crippen LogP contribution in [0.15, 0.2) is 24.3 Å². The Morgan fingerprint density at radius 1 is 1.53 bits per heavy atom. The molecule has 1 amide bonds. The van der Waals surface area contributed by atoms with Gasteiger partial charge in [-0.1, -0.05) is 17.7 Å². The highest BCUT2D eigenvalue weighted by atomic mass is 35.5. The van der Waals surface area contributed by atoms with E-state index in [1.807, 2.05) is 12.1 Å². The molecule has 4 nitrogen and oxygen atoms in total. The van der Waals surface area contributed by atoms with E-state index in [0.29, 0.717) is 24.7 Å². The molecule has 1 heterocycles. The number of anilines is 1. The number of halogens is 1. The van der Waals surface area contributed by atoms with Crippen LogP contribution in [-0.4, -0.2) is 25.8 Å². The normalized spacial score (nSPS) is 20.2. The van der Waals surface area contributed by atoms with Crippen LogP contribution in [-0.2, 0) is 4.74 Å². The van der Waals surface area contributed by atoms with Crippen molar-refractivity contribution in [3.05, 3.63) is 29.3 Å². The standard InChI is InChI=1S/C12H15ClN2O2/c13-10-2-1-3-11(6-10)15-7-9(4-5-14)8-17-12(15)16/h1-3,6,9H,4-5,7-8,14H2. The lowest BCUT2D eigenvalue weighted by Gasteiger charge is -2.32. The molecule has 2 rings (SSSR count). The van der Waals surface area contributed by atoms with E-state index in [-0.39, 0.29) is 12.0 Å². The number of cyclic esters (lactones) is 1. The molecule has 1 aliphatic heterocycles. The van der Waals surface area contributed by atoms with E-state index in [1.54, 1.807) is 17.0 Å². The van der Waals surface area contributed by atoms with Gasteiger partial charge in [-0.2, -0.15) is 0 Å². The van der Waals surface area contributed by atoms with E-state index in [4.69, 9.17) is 22.1 Å². The lowest BCUT2D eigenvalue weighted by Crippen LogP contribution is -2.43. The molecule has 2 N–H and O–H groups in total. The highest BCUT2D eigenvalue weighted by Crippen LogP contribution is 2.24. The highest BCUT2D eigenvalue weighted by molar-refractivity contribution is 6.30. The smallest absolute Gasteiger partial charge is 0.414 e. The summed E-state index contributed by atoms with van der Waals surface area (Å²) in [6.07, 6.45) is 0.533. The monoisotopic (exact) mass is 254 g/mol. The molecule has 0 saturated carbocycles. The molecule has 1 fully saturated rings. The van der Waals surface area contributed by atoms with E-state index in [0.717, 1.165) is 12.1 Å². The Kier molecular flexibility index (Phi) is 3.86. The van der Waals surface area contributed by atoms with Crippen LogP contribution < -0.4 is 10.6 Å². The molecule has 0 spiro atoms. The van der Waals surface area contributed by atoms with Crippen LogP contribution in [0.4, 0.5) is 10.5 Å². The van der Waals surface area contributed by atoms with E-state index >= 15 is 0 Å². The second-order valence-corrected chi connectivity index (χ2v) is 4.55. The Morgan fingerprint density at radius 2 is 2.35 bits per heavy atom. The molecule has 17 heavy (non-hydrogen) atoms. The van der Waals surface area contributed by atoms with Crippen LogP contribution in [0, 0.1) is 5.92 Å². The summed E-state index contributed by atoms with van der Waals surface area (Å²) in [6.45, 7) is 1.69. The van der Waals surface area contributed by atoms with Gasteiger partial charge in [0.15, 0.2) is 0 Å². The SMILES string of the molecule is NCCC1COC(=O)N(c2cccc(Cl)c2)C1. The van der Waals surface area contributed by atoms with Crippen molar-refractivity contribution in [3.8, 4) is 0 Å². The first-order chi connectivity index (χ1) is 8.20. The lowest BCUT2D eigenvalue weighted by molar-refractivity contribution is 0.113. The second kappa shape index (κ2) is 5.38. The summed E-state index contributed by atoms with van der Waals surface area (Å²) in [5, 5.41) is 0.608. The summed E-state index contributed by atoms with van der Waals surface area (Å²) in [4.78, 5) is 13.3. The van der Waals surface area contributed by atoms with Gasteiger partial charge in [-0.15, -0.1) is 0 Å². The van der Waals surface area contributed by atoms with E-state index in [1.165, 1.54) is 0 Å². The van der Waals surface area contributed by atoms with E-state index in [9.17, 15) is 4.79 Å². The van der Waals surface area contributed by atoms with Crippen LogP contribution in [0.1, 0.15) is 6.42 Å². The average molecular weight is 255 g/mol. The minimum Gasteiger partial charge on any atom is -0.449 e. The summed E-state index contributed by atoms with van der Waals surface area (Å²) >= 11 is 5.91. The van der Waals surface area contributed by atoms with E-state index < -0.39 is 0 Å². The van der Waals surface area contributed by atoms with Gasteiger partial charge in [0, 0.05) is 23.2 Å². The molecular weight excluding hydrogens is 240 g/mol. The van der Waals surface area contributed by atoms with Crippen molar-refractivity contribution in [2.24, 2.45) is 11.7 Å². The van der Waals surface area contributed by atoms with Gasteiger partial charge in [0.1, 0.15) is 0 Å². The molecule has 0 aliphatic carbocycles. The predicted octanol–water partition coefficient (Wildman–Crippen LogP) is 2.26. The average Bonchev–Trinajstić information content (AvgIpc) is 2.32. The molecule has 1 saturated heterocycles. The maximum Gasteiger partial charge on any atom is 0.414 e. The first kappa shape index (κ1) is 12.2. The Balaban J connectivity index is 2.15. The predicted molar refractivity (Wildman–Crippen MR) is 67.3 cm³/mol. The Morgan fingerprint density at radius 3 is 3.06 bits per heavy atom. The molecule has 1 atom stereocenters. The van der Waals surface area contributed by atoms with Gasteiger partial charge in [-0.05, 0) is 31.2 Å². The number of carbonyl (C=O) groups excluding carboxylic acids is 1. The summed E-state index contributed by atoms with van der Waals surface area (Å²) in [7, 11) is 0. The van der Waals surface area contributed by atoms with Gasteiger partial charge in [-0.25, -0.2) is 4.79 Å². The molecule has 0 radical (unpaired) electrons. The van der Waals surface area contributed by atoms with Crippen molar-refractivity contribution in [1.29, 1.82) is 0 Å². The molecule has 0 aromatic heterocycles. The van der Waals surface area contributed by atoms with Crippen molar-refractivity contribution in [2.75, 3.05) is 24.6 Å². The number of ether oxygens (including phenoxy) is 1. The van der Waals surface area contributed by atoms with Crippen LogP contribution in [0.2, 0.25) is 5.02 Å². The third-order valence-corrected chi connectivity index (χ3v) is 3.03. The summed E-state index contributed by atoms with van der Waals surface area (Å²) in [6, 6.07) is 7.20. The largest absolute Gasteiger partial charge is 0.449 e. The molecule has 1 unspecified atom stereocenters. The fourth-order valence-corrected chi connectivity index (χ4v) is 2.10. The first-order valence-electron chi connectivity index (χ1n) is 5.60. The number of nitrogens with two attached hydrogens (primary N) is 1. The van der Waals surface area contributed by atoms with Crippen molar-refractivity contribution in [3.63, 3.8) is 0 Å². The molecule has 1 aromatic carbocycles. The maximum atomic E-state index is 11.7. The molecule has 92 valence electrons. The number of carbonyl (C=O) groups is 1. The minimum absolute atomic E-state index is 0.289. The molecule has 1 aliphatic rings. The Bertz CT molecular complexity index is 411. The quantitative estimate of drug-likeness (QED) is 0.900. The Labute approximate surface area is 105 Å². The molecular formula is C12H15ClN2O2. The zero-order valence-electron chi connectivity index (χ0n) is 9.43. The van der Waals surface area contributed by atoms with Gasteiger partial charge < -0.3 is 10.5 Å². The van der Waals surface area contributed by atoms with Crippen molar-refractivity contribution in [1.82, 2.24) is 0 Å². The van der Waals surface area contributed by atoms with Gasteiger partial charge in [0.25, 0.3) is 0 Å². The van der Waals surface area contributed by atoms with Gasteiger partial charge in [-0.3, -0.25) is 4.90 Å². The fourth-order valence-electron chi connectivity index (χ4n) is 1.92. The van der Waals surface area contributed by atoms with Gasteiger partial charge >= 0.3 is 6.09 Å². The minimum atomic E-state index is -0.319. The van der Waals surface area contributed by atoms with Crippen LogP contribution in [0.25, 0.3) is 0 Å². The van der Waals surface area contributed by atoms with Crippen molar-refractivity contribution in [2.45, 2.75) is 6.42 Å². The lowest BCUT2D eigenvalue weighted by atomic mass is 10.0. The van der Waals surface area contributed by atoms with Gasteiger partial charge in [0.05, 0.1) is 6.61 Å². The summed E-state index contributed by atoms with van der Waals surface area (Å²) < 4.78 is 5.14. The third kappa shape index (κ3) is 2.90. The number of nitrogens with zero attached hydrogens (tertiary/aromatic N) is 1. The number of rotatable bonds is 3. The van der Waals surface area contributed by atoms with Crippen molar-refractivity contribution >= 4 is 23.4 Å². The summed E-state index contributed by atoms with van der Waals surface area (Å²) in [5.41, 5.74) is 6.29. The van der Waals surface area contributed by atoms with E-state index in [2.05, 4.69) is 0 Å². The number of amides is 1. The third-order valence-electron chi connectivity index (χ3n) is 2.80. The molecule has 5 heteroatoms. The zero-order chi connectivity index (χ0) is 12.3. The van der Waals surface area contributed by atoms with Crippen molar-refractivity contribution < 1.29 is 9.53 Å². The Hall–Kier alpha value is -1.26. The fraction of sp³-hybridized carbons (Fsp3) is 0.417. The summed E-state index contributed by atoms with van der Waals surface area (Å²) in [5.74, 6) is 0.289. The van der Waals surface area contributed by atoms with Crippen LogP contribution in [0.3, 0.4) is 0 Å². The molecule has 0 bridgehead atoms. The van der Waals surface area contributed by atoms with Crippen LogP contribution >= 0.6 is 11.6 Å². The second-order valence-electron chi connectivity index (χ2n) is 4.11.